The Labute approximate surface area is 239 Å². The third-order valence-corrected chi connectivity index (χ3v) is 8.51. The highest BCUT2D eigenvalue weighted by Gasteiger charge is 2.61. The quantitative estimate of drug-likeness (QED) is 0.431. The number of hydrogen-bond acceptors (Lipinski definition) is 9. The monoisotopic (exact) mass is 584 g/mol. The van der Waals surface area contributed by atoms with Crippen LogP contribution in [0.5, 0.6) is 17.2 Å². The zero-order valence-electron chi connectivity index (χ0n) is 23.4. The van der Waals surface area contributed by atoms with Crippen LogP contribution in [0.3, 0.4) is 0 Å². The number of aliphatic hydroxyl groups is 1. The maximum atomic E-state index is 14.1. The van der Waals surface area contributed by atoms with Gasteiger partial charge < -0.3 is 24.1 Å². The predicted molar refractivity (Wildman–Crippen MR) is 148 cm³/mol. The highest BCUT2D eigenvalue weighted by molar-refractivity contribution is 6.35. The first-order chi connectivity index (χ1) is 19.4. The van der Waals surface area contributed by atoms with E-state index in [0.717, 1.165) is 0 Å². The Bertz CT molecular complexity index is 1730. The molecule has 12 heteroatoms. The normalized spacial score (nSPS) is 20.8. The molecule has 11 nitrogen and oxygen atoms in total. The number of allylic oxidation sites excluding steroid dienone is 1. The molecule has 0 fully saturated rings. The second-order valence-electron chi connectivity index (χ2n) is 10.2. The zero-order chi connectivity index (χ0) is 30.0. The molecule has 5 rings (SSSR count). The van der Waals surface area contributed by atoms with Crippen LogP contribution < -0.4 is 19.9 Å². The van der Waals surface area contributed by atoms with Crippen LogP contribution in [-0.4, -0.2) is 58.7 Å². The van der Waals surface area contributed by atoms with Gasteiger partial charge in [-0.3, -0.25) is 23.5 Å². The Hall–Kier alpha value is -4.25. The fourth-order valence-corrected chi connectivity index (χ4v) is 6.18. The molecule has 0 bridgehead atoms. The number of Topliss-reactive ketones (excluding diaryl/α,β-unsaturated/α-hetero) is 2. The number of hydrogen-bond donors (Lipinski definition) is 1. The van der Waals surface area contributed by atoms with Crippen molar-refractivity contribution < 1.29 is 38.4 Å². The summed E-state index contributed by atoms with van der Waals surface area (Å²) in [4.78, 5) is 52.9. The minimum absolute atomic E-state index is 0.00790. The molecular weight excluding hydrogens is 556 g/mol. The molecule has 0 radical (unpaired) electrons. The molecular formula is C29H29ClN2O9. The molecule has 2 heterocycles. The molecule has 41 heavy (non-hydrogen) atoms. The molecule has 3 aromatic rings. The summed E-state index contributed by atoms with van der Waals surface area (Å²) in [5.74, 6) is -3.90. The second-order valence-corrected chi connectivity index (χ2v) is 10.6. The number of fused-ring (bicyclic) bond motifs is 2. The number of rotatable bonds is 6. The number of ketones is 2. The lowest BCUT2D eigenvalue weighted by Gasteiger charge is -2.38. The Morgan fingerprint density at radius 1 is 1.10 bits per heavy atom. The summed E-state index contributed by atoms with van der Waals surface area (Å²) >= 11 is 6.53. The molecule has 0 amide bonds. The maximum absolute atomic E-state index is 14.1. The number of methoxy groups -OCH3 is 3. The number of aromatic nitrogens is 2. The average Bonchev–Trinajstić information content (AvgIpc) is 3.39. The second kappa shape index (κ2) is 9.99. The van der Waals surface area contributed by atoms with Crippen molar-refractivity contribution >= 4 is 40.2 Å². The molecule has 2 aromatic carbocycles. The number of carbonyl (C=O) groups is 3. The molecule has 0 unspecified atom stereocenters. The molecule has 1 aliphatic heterocycles. The summed E-state index contributed by atoms with van der Waals surface area (Å²) in [6.45, 7) is 1.62. The summed E-state index contributed by atoms with van der Waals surface area (Å²) < 4.78 is 24.8. The van der Waals surface area contributed by atoms with E-state index in [1.54, 1.807) is 39.2 Å². The van der Waals surface area contributed by atoms with Crippen molar-refractivity contribution in [3.8, 4) is 17.2 Å². The van der Waals surface area contributed by atoms with Crippen LogP contribution in [0.15, 0.2) is 40.4 Å². The van der Waals surface area contributed by atoms with Gasteiger partial charge in [0.05, 0.1) is 38.8 Å². The summed E-state index contributed by atoms with van der Waals surface area (Å²) in [6, 6.07) is 6.49. The number of aryl methyl sites for hydroxylation is 2. The van der Waals surface area contributed by atoms with Gasteiger partial charge in [0, 0.05) is 44.0 Å². The summed E-state index contributed by atoms with van der Waals surface area (Å²) in [5, 5.41) is 11.9. The van der Waals surface area contributed by atoms with Crippen LogP contribution in [0.4, 0.5) is 0 Å². The van der Waals surface area contributed by atoms with E-state index in [1.165, 1.54) is 36.5 Å². The van der Waals surface area contributed by atoms with Gasteiger partial charge in [0.2, 0.25) is 11.4 Å². The van der Waals surface area contributed by atoms with Gasteiger partial charge in [-0.2, -0.15) is 0 Å². The van der Waals surface area contributed by atoms with Crippen LogP contribution in [-0.2, 0) is 28.4 Å². The van der Waals surface area contributed by atoms with Crippen molar-refractivity contribution in [2.75, 3.05) is 21.3 Å². The van der Waals surface area contributed by atoms with Crippen LogP contribution in [0.2, 0.25) is 5.02 Å². The Balaban J connectivity index is 1.75. The lowest BCUT2D eigenvalue weighted by molar-refractivity contribution is -0.140. The SMILES string of the molecule is COC(=O)C[C@@H](C1=C(O)[C@@]2(Oc3c(Cl)c(OC)cc(OC)c3C2=O)[C@H](C)CC1=O)c1ccc2c(c1)n(C)c(=O)n2C. The molecule has 0 saturated heterocycles. The molecule has 1 aromatic heterocycles. The van der Waals surface area contributed by atoms with Crippen LogP contribution in [0.25, 0.3) is 11.0 Å². The number of imidazole rings is 1. The average molecular weight is 585 g/mol. The zero-order valence-corrected chi connectivity index (χ0v) is 24.1. The van der Waals surface area contributed by atoms with Gasteiger partial charge in [-0.15, -0.1) is 0 Å². The van der Waals surface area contributed by atoms with Gasteiger partial charge in [0.1, 0.15) is 22.1 Å². The molecule has 1 N–H and O–H groups in total. The van der Waals surface area contributed by atoms with Gasteiger partial charge in [0.25, 0.3) is 0 Å². The molecule has 3 atom stereocenters. The summed E-state index contributed by atoms with van der Waals surface area (Å²) in [5.41, 5.74) is -0.754. The lowest BCUT2D eigenvalue weighted by atomic mass is 9.69. The molecule has 1 aliphatic carbocycles. The van der Waals surface area contributed by atoms with Crippen LogP contribution in [0.1, 0.15) is 41.6 Å². The summed E-state index contributed by atoms with van der Waals surface area (Å²) in [7, 11) is 7.22. The van der Waals surface area contributed by atoms with E-state index in [4.69, 9.17) is 30.5 Å². The van der Waals surface area contributed by atoms with E-state index in [-0.39, 0.29) is 51.9 Å². The molecule has 0 saturated carbocycles. The number of ether oxygens (including phenoxy) is 4. The molecule has 1 spiro atoms. The first-order valence-electron chi connectivity index (χ1n) is 12.8. The largest absolute Gasteiger partial charge is 0.507 e. The van der Waals surface area contributed by atoms with Crippen molar-refractivity contribution in [3.63, 3.8) is 0 Å². The minimum atomic E-state index is -2.01. The number of halogens is 1. The first-order valence-corrected chi connectivity index (χ1v) is 13.2. The number of esters is 1. The van der Waals surface area contributed by atoms with Crippen molar-refractivity contribution in [2.24, 2.45) is 20.0 Å². The number of carbonyl (C=O) groups excluding carboxylic acids is 3. The van der Waals surface area contributed by atoms with Gasteiger partial charge in [-0.05, 0) is 17.7 Å². The van der Waals surface area contributed by atoms with Gasteiger partial charge in [-0.1, -0.05) is 24.6 Å². The topological polar surface area (TPSA) is 135 Å². The summed E-state index contributed by atoms with van der Waals surface area (Å²) in [6.07, 6.45) is -0.489. The molecule has 216 valence electrons. The fourth-order valence-electron chi connectivity index (χ4n) is 5.92. The third kappa shape index (κ3) is 3.93. The predicted octanol–water partition coefficient (Wildman–Crippen LogP) is 3.63. The number of nitrogens with zero attached hydrogens (tertiary/aromatic N) is 2. The van der Waals surface area contributed by atoms with Crippen LogP contribution in [0, 0.1) is 5.92 Å². The van der Waals surface area contributed by atoms with Gasteiger partial charge >= 0.3 is 11.7 Å². The Kier molecular flexibility index (Phi) is 6.89. The van der Waals surface area contributed by atoms with E-state index < -0.39 is 40.7 Å². The number of benzene rings is 2. The highest BCUT2D eigenvalue weighted by atomic mass is 35.5. The highest BCUT2D eigenvalue weighted by Crippen LogP contribution is 2.55. The lowest BCUT2D eigenvalue weighted by Crippen LogP contribution is -2.53. The van der Waals surface area contributed by atoms with Gasteiger partial charge in [0.15, 0.2) is 17.3 Å². The van der Waals surface area contributed by atoms with E-state index in [0.29, 0.717) is 16.6 Å². The van der Waals surface area contributed by atoms with Crippen LogP contribution >= 0.6 is 11.6 Å². The van der Waals surface area contributed by atoms with Crippen molar-refractivity contribution in [1.82, 2.24) is 9.13 Å². The smallest absolute Gasteiger partial charge is 0.328 e. The van der Waals surface area contributed by atoms with Crippen molar-refractivity contribution in [3.05, 3.63) is 62.2 Å². The van der Waals surface area contributed by atoms with Crippen molar-refractivity contribution in [1.29, 1.82) is 0 Å². The molecule has 2 aliphatic rings. The first kappa shape index (κ1) is 28.3. The van der Waals surface area contributed by atoms with E-state index in [1.807, 2.05) is 0 Å². The van der Waals surface area contributed by atoms with Crippen molar-refractivity contribution in [2.45, 2.75) is 31.3 Å². The van der Waals surface area contributed by atoms with E-state index >= 15 is 0 Å². The third-order valence-electron chi connectivity index (χ3n) is 8.16. The Morgan fingerprint density at radius 3 is 2.39 bits per heavy atom. The minimum Gasteiger partial charge on any atom is -0.507 e. The standard InChI is InChI=1S/C29H29ClN2O9/c1-13-9-18(33)22(15(11-21(34)40-6)14-7-8-16-17(10-14)32(3)28(37)31(16)2)26(35)29(13)27(36)23-19(38-4)12-20(39-5)24(30)25(23)41-29/h7-8,10,12-13,15,35H,9,11H2,1-6H3/t13-,15-,29+/m1/s1. The van der Waals surface area contributed by atoms with E-state index in [9.17, 15) is 24.3 Å². The number of aliphatic hydroxyl groups excluding tert-OH is 1. The van der Waals surface area contributed by atoms with Gasteiger partial charge in [-0.25, -0.2) is 4.79 Å². The Morgan fingerprint density at radius 2 is 1.76 bits per heavy atom. The van der Waals surface area contributed by atoms with E-state index in [2.05, 4.69) is 0 Å². The maximum Gasteiger partial charge on any atom is 0.328 e. The fraction of sp³-hybridized carbons (Fsp3) is 0.379.